The number of pyridine rings is 1. The van der Waals surface area contributed by atoms with Crippen LogP contribution in [-0.2, 0) is 13.1 Å². The summed E-state index contributed by atoms with van der Waals surface area (Å²) in [6.45, 7) is 8.50. The Morgan fingerprint density at radius 3 is 2.48 bits per heavy atom. The third kappa shape index (κ3) is 7.53. The maximum atomic E-state index is 5.25. The van der Waals surface area contributed by atoms with E-state index in [0.29, 0.717) is 6.54 Å². The highest BCUT2D eigenvalue weighted by Gasteiger charge is 2.15. The van der Waals surface area contributed by atoms with Crippen LogP contribution in [0.2, 0.25) is 0 Å². The van der Waals surface area contributed by atoms with Crippen LogP contribution in [0.25, 0.3) is 0 Å². The second-order valence-electron chi connectivity index (χ2n) is 7.69. The van der Waals surface area contributed by atoms with Gasteiger partial charge in [0, 0.05) is 52.5 Å². The lowest BCUT2D eigenvalue weighted by molar-refractivity contribution is 0.312. The first-order valence-corrected chi connectivity index (χ1v) is 10.6. The van der Waals surface area contributed by atoms with Crippen LogP contribution in [0, 0.1) is 0 Å². The summed E-state index contributed by atoms with van der Waals surface area (Å²) in [5.74, 6) is 2.81. The van der Waals surface area contributed by atoms with Gasteiger partial charge in [0.1, 0.15) is 11.6 Å². The predicted molar refractivity (Wildman–Crippen MR) is 139 cm³/mol. The molecule has 1 fully saturated rings. The molecule has 1 N–H and O–H groups in total. The SMILES string of the molecule is CCNC(=NCc1ccnc(N2CCN(C)CC2)c1)N(C)Cc1ccc(OC)cc1.I. The van der Waals surface area contributed by atoms with E-state index in [-0.39, 0.29) is 24.0 Å². The van der Waals surface area contributed by atoms with Crippen LogP contribution >= 0.6 is 24.0 Å². The Balaban J connectivity index is 0.00000341. The summed E-state index contributed by atoms with van der Waals surface area (Å²) in [4.78, 5) is 16.3. The first-order chi connectivity index (χ1) is 14.6. The number of aromatic nitrogens is 1. The fraction of sp³-hybridized carbons (Fsp3) is 0.478. The van der Waals surface area contributed by atoms with Gasteiger partial charge < -0.3 is 24.8 Å². The number of ether oxygens (including phenoxy) is 1. The number of aliphatic imine (C=N–C) groups is 1. The summed E-state index contributed by atoms with van der Waals surface area (Å²) in [7, 11) is 5.92. The van der Waals surface area contributed by atoms with Gasteiger partial charge in [0.25, 0.3) is 0 Å². The van der Waals surface area contributed by atoms with Crippen molar-refractivity contribution in [1.29, 1.82) is 0 Å². The summed E-state index contributed by atoms with van der Waals surface area (Å²) in [6, 6.07) is 12.4. The summed E-state index contributed by atoms with van der Waals surface area (Å²) in [5, 5.41) is 3.40. The van der Waals surface area contributed by atoms with Gasteiger partial charge in [-0.2, -0.15) is 0 Å². The Kier molecular flexibility index (Phi) is 10.3. The summed E-state index contributed by atoms with van der Waals surface area (Å²) >= 11 is 0. The molecule has 0 radical (unpaired) electrons. The average molecular weight is 538 g/mol. The minimum Gasteiger partial charge on any atom is -0.497 e. The van der Waals surface area contributed by atoms with E-state index in [0.717, 1.165) is 56.8 Å². The van der Waals surface area contributed by atoms with Crippen molar-refractivity contribution in [3.63, 3.8) is 0 Å². The molecule has 170 valence electrons. The molecule has 1 saturated heterocycles. The number of halogens is 1. The number of nitrogens with one attached hydrogen (secondary N) is 1. The number of rotatable bonds is 7. The largest absolute Gasteiger partial charge is 0.497 e. The number of benzene rings is 1. The molecule has 0 bridgehead atoms. The van der Waals surface area contributed by atoms with Crippen LogP contribution < -0.4 is 15.0 Å². The van der Waals surface area contributed by atoms with Crippen LogP contribution in [0.3, 0.4) is 0 Å². The molecule has 1 aliphatic heterocycles. The van der Waals surface area contributed by atoms with Crippen LogP contribution in [-0.4, -0.2) is 74.7 Å². The Morgan fingerprint density at radius 1 is 1.13 bits per heavy atom. The van der Waals surface area contributed by atoms with Gasteiger partial charge in [0.05, 0.1) is 13.7 Å². The van der Waals surface area contributed by atoms with Gasteiger partial charge in [-0.1, -0.05) is 12.1 Å². The Bertz CT molecular complexity index is 821. The molecule has 1 aromatic heterocycles. The number of likely N-dealkylation sites (N-methyl/N-ethyl adjacent to an activating group) is 1. The van der Waals surface area contributed by atoms with Crippen molar-refractivity contribution in [2.75, 3.05) is 58.8 Å². The highest BCUT2D eigenvalue weighted by Crippen LogP contribution is 2.16. The lowest BCUT2D eigenvalue weighted by Gasteiger charge is -2.33. The lowest BCUT2D eigenvalue weighted by atomic mass is 10.2. The second-order valence-corrected chi connectivity index (χ2v) is 7.69. The zero-order valence-electron chi connectivity index (χ0n) is 19.0. The molecule has 3 rings (SSSR count). The van der Waals surface area contributed by atoms with Gasteiger partial charge >= 0.3 is 0 Å². The number of anilines is 1. The molecule has 31 heavy (non-hydrogen) atoms. The third-order valence-corrected chi connectivity index (χ3v) is 5.32. The van der Waals surface area contributed by atoms with Crippen molar-refractivity contribution in [2.24, 2.45) is 4.99 Å². The zero-order chi connectivity index (χ0) is 21.3. The summed E-state index contributed by atoms with van der Waals surface area (Å²) < 4.78 is 5.25. The average Bonchev–Trinajstić information content (AvgIpc) is 2.78. The van der Waals surface area contributed by atoms with Crippen LogP contribution in [0.15, 0.2) is 47.6 Å². The maximum absolute atomic E-state index is 5.25. The molecule has 0 amide bonds. The minimum atomic E-state index is 0. The van der Waals surface area contributed by atoms with Crippen molar-refractivity contribution in [3.8, 4) is 5.75 Å². The fourth-order valence-corrected chi connectivity index (χ4v) is 3.48. The van der Waals surface area contributed by atoms with E-state index in [1.807, 2.05) is 18.3 Å². The van der Waals surface area contributed by atoms with Crippen molar-refractivity contribution >= 4 is 35.8 Å². The third-order valence-electron chi connectivity index (χ3n) is 5.32. The van der Waals surface area contributed by atoms with Crippen molar-refractivity contribution in [1.82, 2.24) is 20.1 Å². The standard InChI is InChI=1S/C23H34N6O.HI/c1-5-24-23(28(3)18-19-6-8-21(30-4)9-7-19)26-17-20-10-11-25-22(16-20)29-14-12-27(2)13-15-29;/h6-11,16H,5,12-15,17-18H2,1-4H3,(H,24,26);1H. The molecule has 1 aliphatic rings. The molecular formula is C23H35IN6O. The van der Waals surface area contributed by atoms with E-state index in [1.165, 1.54) is 11.1 Å². The summed E-state index contributed by atoms with van der Waals surface area (Å²) in [6.07, 6.45) is 1.90. The van der Waals surface area contributed by atoms with E-state index < -0.39 is 0 Å². The smallest absolute Gasteiger partial charge is 0.194 e. The van der Waals surface area contributed by atoms with Crippen LogP contribution in [0.1, 0.15) is 18.1 Å². The van der Waals surface area contributed by atoms with E-state index in [9.17, 15) is 0 Å². The van der Waals surface area contributed by atoms with Gasteiger partial charge in [-0.15, -0.1) is 24.0 Å². The molecule has 0 spiro atoms. The molecule has 7 nitrogen and oxygen atoms in total. The first kappa shape index (κ1) is 25.2. The number of hydrogen-bond acceptors (Lipinski definition) is 5. The minimum absolute atomic E-state index is 0. The molecular weight excluding hydrogens is 503 g/mol. The lowest BCUT2D eigenvalue weighted by Crippen LogP contribution is -2.44. The number of guanidine groups is 1. The molecule has 2 heterocycles. The van der Waals surface area contributed by atoms with Gasteiger partial charge in [-0.25, -0.2) is 9.98 Å². The number of hydrogen-bond donors (Lipinski definition) is 1. The molecule has 0 saturated carbocycles. The van der Waals surface area contributed by atoms with Gasteiger partial charge in [0.15, 0.2) is 5.96 Å². The number of nitrogens with zero attached hydrogens (tertiary/aromatic N) is 5. The Labute approximate surface area is 203 Å². The molecule has 0 atom stereocenters. The highest BCUT2D eigenvalue weighted by molar-refractivity contribution is 14.0. The second kappa shape index (κ2) is 12.7. The van der Waals surface area contributed by atoms with Crippen molar-refractivity contribution in [2.45, 2.75) is 20.0 Å². The fourth-order valence-electron chi connectivity index (χ4n) is 3.48. The topological polar surface area (TPSA) is 56.2 Å². The Hall–Kier alpha value is -2.07. The molecule has 1 aromatic carbocycles. The molecule has 8 heteroatoms. The molecule has 0 unspecified atom stereocenters. The molecule has 2 aromatic rings. The monoisotopic (exact) mass is 538 g/mol. The van der Waals surface area contributed by atoms with Crippen molar-refractivity contribution < 1.29 is 4.74 Å². The van der Waals surface area contributed by atoms with E-state index in [1.54, 1.807) is 7.11 Å². The maximum Gasteiger partial charge on any atom is 0.194 e. The van der Waals surface area contributed by atoms with Gasteiger partial charge in [-0.05, 0) is 49.4 Å². The number of piperazine rings is 1. The first-order valence-electron chi connectivity index (χ1n) is 10.6. The van der Waals surface area contributed by atoms with Crippen molar-refractivity contribution in [3.05, 3.63) is 53.7 Å². The van der Waals surface area contributed by atoms with E-state index in [4.69, 9.17) is 9.73 Å². The van der Waals surface area contributed by atoms with E-state index >= 15 is 0 Å². The zero-order valence-corrected chi connectivity index (χ0v) is 21.4. The Morgan fingerprint density at radius 2 is 1.84 bits per heavy atom. The van der Waals surface area contributed by atoms with Gasteiger partial charge in [0.2, 0.25) is 0 Å². The highest BCUT2D eigenvalue weighted by atomic mass is 127. The van der Waals surface area contributed by atoms with Crippen LogP contribution in [0.4, 0.5) is 5.82 Å². The normalized spacial score (nSPS) is 14.7. The van der Waals surface area contributed by atoms with Crippen LogP contribution in [0.5, 0.6) is 5.75 Å². The predicted octanol–water partition coefficient (Wildman–Crippen LogP) is 3.06. The summed E-state index contributed by atoms with van der Waals surface area (Å²) in [5.41, 5.74) is 2.39. The molecule has 0 aliphatic carbocycles. The van der Waals surface area contributed by atoms with Gasteiger partial charge in [-0.3, -0.25) is 0 Å². The number of methoxy groups -OCH3 is 1. The quantitative estimate of drug-likeness (QED) is 0.333. The van der Waals surface area contributed by atoms with E-state index in [2.05, 4.69) is 70.3 Å².